The normalized spacial score (nSPS) is 15.6. The third-order valence-electron chi connectivity index (χ3n) is 3.77. The van der Waals surface area contributed by atoms with Crippen LogP contribution in [-0.4, -0.2) is 36.1 Å². The van der Waals surface area contributed by atoms with Crippen molar-refractivity contribution < 1.29 is 14.7 Å². The fraction of sp³-hybridized carbons (Fsp3) is 0.529. The Labute approximate surface area is 131 Å². The third kappa shape index (κ3) is 4.31. The average molecular weight is 304 g/mol. The zero-order valence-electron chi connectivity index (χ0n) is 13.2. The smallest absolute Gasteiger partial charge is 0.240 e. The van der Waals surface area contributed by atoms with Crippen LogP contribution in [0.2, 0.25) is 0 Å². The summed E-state index contributed by atoms with van der Waals surface area (Å²) < 4.78 is 0. The number of aliphatic hydroxyl groups excluding tert-OH is 1. The molecule has 0 aliphatic carbocycles. The Bertz CT molecular complexity index is 542. The highest BCUT2D eigenvalue weighted by atomic mass is 16.3. The number of fused-ring (bicyclic) bond motifs is 1. The number of carbonyl (C=O) groups excluding carboxylic acids is 2. The van der Waals surface area contributed by atoms with E-state index in [1.54, 1.807) is 0 Å². The molecule has 1 aliphatic rings. The van der Waals surface area contributed by atoms with Crippen LogP contribution in [-0.2, 0) is 16.0 Å². The highest BCUT2D eigenvalue weighted by Gasteiger charge is 2.25. The molecule has 0 saturated carbocycles. The molecule has 1 heterocycles. The first-order chi connectivity index (χ1) is 10.5. The zero-order chi connectivity index (χ0) is 16.1. The molecule has 120 valence electrons. The first kappa shape index (κ1) is 16.5. The molecule has 0 fully saturated rings. The summed E-state index contributed by atoms with van der Waals surface area (Å²) in [5.41, 5.74) is 1.91. The second-order valence-electron chi connectivity index (χ2n) is 6.20. The summed E-state index contributed by atoms with van der Waals surface area (Å²) in [4.78, 5) is 25.6. The van der Waals surface area contributed by atoms with Gasteiger partial charge < -0.3 is 15.3 Å². The molecule has 0 aromatic heterocycles. The van der Waals surface area contributed by atoms with Gasteiger partial charge in [0.1, 0.15) is 6.54 Å². The molecule has 0 radical (unpaired) electrons. The lowest BCUT2D eigenvalue weighted by molar-refractivity contribution is -0.124. The minimum atomic E-state index is -0.548. The molecule has 22 heavy (non-hydrogen) atoms. The highest BCUT2D eigenvalue weighted by molar-refractivity contribution is 6.00. The molecule has 2 rings (SSSR count). The van der Waals surface area contributed by atoms with Gasteiger partial charge in [0.2, 0.25) is 11.8 Å². The molecule has 0 bridgehead atoms. The second-order valence-corrected chi connectivity index (χ2v) is 6.20. The molecule has 5 heteroatoms. The number of benzene rings is 1. The van der Waals surface area contributed by atoms with Crippen LogP contribution in [0.25, 0.3) is 0 Å². The summed E-state index contributed by atoms with van der Waals surface area (Å²) >= 11 is 0. The van der Waals surface area contributed by atoms with E-state index in [0.717, 1.165) is 17.7 Å². The van der Waals surface area contributed by atoms with E-state index in [2.05, 4.69) is 5.32 Å². The number of nitrogens with zero attached hydrogens (tertiary/aromatic N) is 1. The standard InChI is InChI=1S/C17H24N2O3/c1-12(2)9-14(20)10-18-16(21)11-19-15-6-4-3-5-13(15)7-8-17(19)22/h3-6,12,14,20H,7-11H2,1-2H3,(H,18,21). The van der Waals surface area contributed by atoms with Crippen molar-refractivity contribution in [2.45, 2.75) is 39.2 Å². The molecule has 1 aromatic rings. The fourth-order valence-corrected chi connectivity index (χ4v) is 2.73. The zero-order valence-corrected chi connectivity index (χ0v) is 13.2. The van der Waals surface area contributed by atoms with Gasteiger partial charge in [-0.15, -0.1) is 0 Å². The Hall–Kier alpha value is -1.88. The number of para-hydroxylation sites is 1. The summed E-state index contributed by atoms with van der Waals surface area (Å²) in [5.74, 6) is 0.104. The largest absolute Gasteiger partial charge is 0.391 e. The summed E-state index contributed by atoms with van der Waals surface area (Å²) in [6, 6.07) is 7.66. The fourth-order valence-electron chi connectivity index (χ4n) is 2.73. The summed E-state index contributed by atoms with van der Waals surface area (Å²) in [5, 5.41) is 12.5. The Kier molecular flexibility index (Phi) is 5.55. The van der Waals surface area contributed by atoms with Crippen LogP contribution in [0.15, 0.2) is 24.3 Å². The molecule has 1 atom stereocenters. The Morgan fingerprint density at radius 3 is 2.77 bits per heavy atom. The van der Waals surface area contributed by atoms with E-state index in [4.69, 9.17) is 0 Å². The van der Waals surface area contributed by atoms with Crippen molar-refractivity contribution in [3.8, 4) is 0 Å². The van der Waals surface area contributed by atoms with Crippen LogP contribution in [0, 0.1) is 5.92 Å². The van der Waals surface area contributed by atoms with Gasteiger partial charge in [0.05, 0.1) is 6.10 Å². The minimum absolute atomic E-state index is 0.00421. The van der Waals surface area contributed by atoms with Crippen LogP contribution >= 0.6 is 0 Å². The molecule has 1 aliphatic heterocycles. The van der Waals surface area contributed by atoms with Crippen LogP contribution in [0.3, 0.4) is 0 Å². The van der Waals surface area contributed by atoms with Gasteiger partial charge >= 0.3 is 0 Å². The summed E-state index contributed by atoms with van der Waals surface area (Å²) in [6.45, 7) is 4.27. The molecule has 0 spiro atoms. The van der Waals surface area contributed by atoms with Crippen molar-refractivity contribution >= 4 is 17.5 Å². The van der Waals surface area contributed by atoms with E-state index in [1.165, 1.54) is 4.90 Å². The number of aliphatic hydroxyl groups is 1. The quantitative estimate of drug-likeness (QED) is 0.836. The van der Waals surface area contributed by atoms with Crippen LogP contribution in [0.4, 0.5) is 5.69 Å². The third-order valence-corrected chi connectivity index (χ3v) is 3.77. The van der Waals surface area contributed by atoms with Crippen molar-refractivity contribution in [1.29, 1.82) is 0 Å². The number of nitrogens with one attached hydrogen (secondary N) is 1. The minimum Gasteiger partial charge on any atom is -0.391 e. The Balaban J connectivity index is 1.92. The van der Waals surface area contributed by atoms with Gasteiger partial charge in [0, 0.05) is 18.7 Å². The van der Waals surface area contributed by atoms with Crippen molar-refractivity contribution in [2.75, 3.05) is 18.0 Å². The number of rotatable bonds is 6. The molecule has 0 saturated heterocycles. The SMILES string of the molecule is CC(C)CC(O)CNC(=O)CN1C(=O)CCc2ccccc21. The predicted molar refractivity (Wildman–Crippen MR) is 85.6 cm³/mol. The van der Waals surface area contributed by atoms with Gasteiger partial charge in [-0.1, -0.05) is 32.0 Å². The second kappa shape index (κ2) is 7.40. The lowest BCUT2D eigenvalue weighted by atomic mass is 10.0. The number of amides is 2. The van der Waals surface area contributed by atoms with Crippen LogP contribution in [0.1, 0.15) is 32.3 Å². The van der Waals surface area contributed by atoms with Crippen molar-refractivity contribution in [2.24, 2.45) is 5.92 Å². The maximum atomic E-state index is 12.1. The lowest BCUT2D eigenvalue weighted by Crippen LogP contribution is -2.44. The van der Waals surface area contributed by atoms with Gasteiger partial charge in [0.25, 0.3) is 0 Å². The van der Waals surface area contributed by atoms with Crippen molar-refractivity contribution in [1.82, 2.24) is 5.32 Å². The van der Waals surface area contributed by atoms with E-state index in [1.807, 2.05) is 38.1 Å². The monoisotopic (exact) mass is 304 g/mol. The van der Waals surface area contributed by atoms with E-state index in [-0.39, 0.29) is 24.9 Å². The van der Waals surface area contributed by atoms with Crippen molar-refractivity contribution in [3.05, 3.63) is 29.8 Å². The van der Waals surface area contributed by atoms with E-state index < -0.39 is 6.10 Å². The van der Waals surface area contributed by atoms with Gasteiger partial charge in [0.15, 0.2) is 0 Å². The maximum absolute atomic E-state index is 12.1. The number of aryl methyl sites for hydroxylation is 1. The highest BCUT2D eigenvalue weighted by Crippen LogP contribution is 2.26. The molecule has 1 aromatic carbocycles. The topological polar surface area (TPSA) is 69.6 Å². The predicted octanol–water partition coefficient (Wildman–Crippen LogP) is 1.49. The Morgan fingerprint density at radius 2 is 2.05 bits per heavy atom. The van der Waals surface area contributed by atoms with Gasteiger partial charge in [-0.2, -0.15) is 0 Å². The van der Waals surface area contributed by atoms with E-state index >= 15 is 0 Å². The van der Waals surface area contributed by atoms with Crippen molar-refractivity contribution in [3.63, 3.8) is 0 Å². The van der Waals surface area contributed by atoms with Gasteiger partial charge in [-0.05, 0) is 30.4 Å². The molecular weight excluding hydrogens is 280 g/mol. The summed E-state index contributed by atoms with van der Waals surface area (Å²) in [6.07, 6.45) is 1.25. The number of anilines is 1. The molecule has 5 nitrogen and oxygen atoms in total. The first-order valence-corrected chi connectivity index (χ1v) is 7.80. The number of hydrogen-bond acceptors (Lipinski definition) is 3. The van der Waals surface area contributed by atoms with Crippen LogP contribution < -0.4 is 10.2 Å². The van der Waals surface area contributed by atoms with Crippen LogP contribution in [0.5, 0.6) is 0 Å². The first-order valence-electron chi connectivity index (χ1n) is 7.80. The number of carbonyl (C=O) groups is 2. The molecule has 1 unspecified atom stereocenters. The van der Waals surface area contributed by atoms with Gasteiger partial charge in [-0.25, -0.2) is 0 Å². The van der Waals surface area contributed by atoms with E-state index in [9.17, 15) is 14.7 Å². The van der Waals surface area contributed by atoms with E-state index in [0.29, 0.717) is 18.8 Å². The number of hydrogen-bond donors (Lipinski definition) is 2. The molecule has 2 amide bonds. The van der Waals surface area contributed by atoms with Gasteiger partial charge in [-0.3, -0.25) is 9.59 Å². The average Bonchev–Trinajstić information content (AvgIpc) is 2.47. The maximum Gasteiger partial charge on any atom is 0.240 e. The Morgan fingerprint density at radius 1 is 1.32 bits per heavy atom. The lowest BCUT2D eigenvalue weighted by Gasteiger charge is -2.29. The molecular formula is C17H24N2O3. The summed E-state index contributed by atoms with van der Waals surface area (Å²) in [7, 11) is 0. The molecule has 2 N–H and O–H groups in total.